The van der Waals surface area contributed by atoms with Crippen LogP contribution in [0.2, 0.25) is 0 Å². The third kappa shape index (κ3) is 5.48. The number of hydrogen-bond acceptors (Lipinski definition) is 7. The molecule has 0 aliphatic carbocycles. The van der Waals surface area contributed by atoms with Gasteiger partial charge in [-0.05, 0) is 42.1 Å². The van der Waals surface area contributed by atoms with Crippen LogP contribution in [0.25, 0.3) is 0 Å². The molecule has 0 aliphatic heterocycles. The molecule has 0 bridgehead atoms. The molecular formula is C21H20N4O4S. The van der Waals surface area contributed by atoms with E-state index < -0.39 is 11.9 Å². The monoisotopic (exact) mass is 424 g/mol. The first-order valence-corrected chi connectivity index (χ1v) is 10.2. The largest absolute Gasteiger partial charge is 0.462 e. The van der Waals surface area contributed by atoms with Crippen molar-refractivity contribution in [3.8, 4) is 0 Å². The molecular weight excluding hydrogens is 404 g/mol. The van der Waals surface area contributed by atoms with E-state index in [4.69, 9.17) is 4.74 Å². The second-order valence-electron chi connectivity index (χ2n) is 6.23. The zero-order valence-electron chi connectivity index (χ0n) is 16.3. The number of anilines is 2. The summed E-state index contributed by atoms with van der Waals surface area (Å²) >= 11 is 1.20. The summed E-state index contributed by atoms with van der Waals surface area (Å²) in [6.07, 6.45) is 5.99. The first kappa shape index (κ1) is 21.1. The van der Waals surface area contributed by atoms with Gasteiger partial charge in [-0.25, -0.2) is 9.78 Å². The lowest BCUT2D eigenvalue weighted by Crippen LogP contribution is -2.17. The Hall–Kier alpha value is -3.59. The van der Waals surface area contributed by atoms with Crippen LogP contribution < -0.4 is 10.6 Å². The Morgan fingerprint density at radius 2 is 1.83 bits per heavy atom. The van der Waals surface area contributed by atoms with Crippen LogP contribution in [0.4, 0.5) is 11.4 Å². The Morgan fingerprint density at radius 1 is 1.03 bits per heavy atom. The van der Waals surface area contributed by atoms with Gasteiger partial charge in [-0.15, -0.1) is 11.3 Å². The summed E-state index contributed by atoms with van der Waals surface area (Å²) in [6.45, 7) is 2.40. The van der Waals surface area contributed by atoms with Gasteiger partial charge in [0.15, 0.2) is 0 Å². The average Bonchev–Trinajstić information content (AvgIpc) is 3.23. The number of carbonyl (C=O) groups is 3. The molecule has 2 aromatic heterocycles. The number of carbonyl (C=O) groups excluding carboxylic acids is 3. The number of benzene rings is 1. The lowest BCUT2D eigenvalue weighted by atomic mass is 10.2. The Kier molecular flexibility index (Phi) is 7.23. The maximum atomic E-state index is 12.6. The summed E-state index contributed by atoms with van der Waals surface area (Å²) in [4.78, 5) is 45.0. The highest BCUT2D eigenvalue weighted by molar-refractivity contribution is 7.12. The fourth-order valence-corrected chi connectivity index (χ4v) is 3.20. The molecule has 1 aromatic carbocycles. The van der Waals surface area contributed by atoms with Crippen molar-refractivity contribution < 1.29 is 19.1 Å². The summed E-state index contributed by atoms with van der Waals surface area (Å²) in [5, 5.41) is 7.13. The van der Waals surface area contributed by atoms with Crippen molar-refractivity contribution in [3.05, 3.63) is 70.4 Å². The highest BCUT2D eigenvalue weighted by Crippen LogP contribution is 2.24. The van der Waals surface area contributed by atoms with Gasteiger partial charge in [-0.1, -0.05) is 13.3 Å². The predicted molar refractivity (Wildman–Crippen MR) is 114 cm³/mol. The SMILES string of the molecule is CCCCOC(=O)c1ccc(NC(=O)c2sccc2NC(=O)c2cnccn2)cc1. The lowest BCUT2D eigenvalue weighted by molar-refractivity contribution is 0.0499. The number of unbranched alkanes of at least 4 members (excludes halogenated alkanes) is 1. The molecule has 0 aliphatic rings. The van der Waals surface area contributed by atoms with E-state index in [-0.39, 0.29) is 11.6 Å². The van der Waals surface area contributed by atoms with E-state index in [0.29, 0.717) is 28.4 Å². The van der Waals surface area contributed by atoms with Crippen LogP contribution in [-0.2, 0) is 4.74 Å². The number of aromatic nitrogens is 2. The minimum absolute atomic E-state index is 0.150. The van der Waals surface area contributed by atoms with Crippen molar-refractivity contribution in [1.82, 2.24) is 9.97 Å². The Morgan fingerprint density at radius 3 is 2.53 bits per heavy atom. The number of esters is 1. The molecule has 2 amide bonds. The molecule has 2 N–H and O–H groups in total. The van der Waals surface area contributed by atoms with Gasteiger partial charge in [-0.2, -0.15) is 0 Å². The van der Waals surface area contributed by atoms with Gasteiger partial charge in [0.2, 0.25) is 0 Å². The second kappa shape index (κ2) is 10.3. The molecule has 0 fully saturated rings. The average molecular weight is 424 g/mol. The predicted octanol–water partition coefficient (Wildman–Crippen LogP) is 4.00. The van der Waals surface area contributed by atoms with Crippen molar-refractivity contribution >= 4 is 40.5 Å². The third-order valence-electron chi connectivity index (χ3n) is 4.02. The van der Waals surface area contributed by atoms with E-state index >= 15 is 0 Å². The van der Waals surface area contributed by atoms with Crippen LogP contribution in [0.1, 0.15) is 50.3 Å². The van der Waals surface area contributed by atoms with Crippen LogP contribution in [0.15, 0.2) is 54.3 Å². The molecule has 0 saturated heterocycles. The van der Waals surface area contributed by atoms with E-state index in [0.717, 1.165) is 12.8 Å². The summed E-state index contributed by atoms with van der Waals surface area (Å²) in [5.41, 5.74) is 1.46. The number of nitrogens with zero attached hydrogens (tertiary/aromatic N) is 2. The van der Waals surface area contributed by atoms with Crippen molar-refractivity contribution in [2.75, 3.05) is 17.2 Å². The quantitative estimate of drug-likeness (QED) is 0.418. The molecule has 30 heavy (non-hydrogen) atoms. The molecule has 3 rings (SSSR count). The van der Waals surface area contributed by atoms with Gasteiger partial charge >= 0.3 is 5.97 Å². The van der Waals surface area contributed by atoms with Gasteiger partial charge in [-0.3, -0.25) is 14.6 Å². The van der Waals surface area contributed by atoms with Crippen molar-refractivity contribution in [2.24, 2.45) is 0 Å². The molecule has 0 saturated carbocycles. The zero-order valence-corrected chi connectivity index (χ0v) is 17.1. The Bertz CT molecular complexity index is 1020. The fourth-order valence-electron chi connectivity index (χ4n) is 2.46. The maximum absolute atomic E-state index is 12.6. The maximum Gasteiger partial charge on any atom is 0.338 e. The first-order valence-electron chi connectivity index (χ1n) is 9.32. The topological polar surface area (TPSA) is 110 Å². The molecule has 0 spiro atoms. The lowest BCUT2D eigenvalue weighted by Gasteiger charge is -2.08. The van der Waals surface area contributed by atoms with Crippen LogP contribution >= 0.6 is 11.3 Å². The summed E-state index contributed by atoms with van der Waals surface area (Å²) in [7, 11) is 0. The van der Waals surface area contributed by atoms with E-state index in [9.17, 15) is 14.4 Å². The number of amides is 2. The molecule has 0 unspecified atom stereocenters. The molecule has 0 atom stereocenters. The summed E-state index contributed by atoms with van der Waals surface area (Å²) in [5.74, 6) is -1.23. The van der Waals surface area contributed by atoms with Gasteiger partial charge in [0.25, 0.3) is 11.8 Å². The van der Waals surface area contributed by atoms with Gasteiger partial charge in [0.05, 0.1) is 24.1 Å². The van der Waals surface area contributed by atoms with Gasteiger partial charge in [0.1, 0.15) is 10.6 Å². The van der Waals surface area contributed by atoms with Crippen LogP contribution in [0.5, 0.6) is 0 Å². The molecule has 3 aromatic rings. The number of hydrogen-bond donors (Lipinski definition) is 2. The van der Waals surface area contributed by atoms with Crippen molar-refractivity contribution in [1.29, 1.82) is 0 Å². The standard InChI is InChI=1S/C21H20N4O4S/c1-2-3-11-29-21(28)14-4-6-15(7-5-14)24-20(27)18-16(8-12-30-18)25-19(26)17-13-22-9-10-23-17/h4-10,12-13H,2-3,11H2,1H3,(H,24,27)(H,25,26). The minimum atomic E-state index is -0.457. The zero-order chi connectivity index (χ0) is 21.3. The van der Waals surface area contributed by atoms with Gasteiger partial charge < -0.3 is 15.4 Å². The smallest absolute Gasteiger partial charge is 0.338 e. The molecule has 9 heteroatoms. The van der Waals surface area contributed by atoms with E-state index in [1.165, 1.54) is 29.9 Å². The van der Waals surface area contributed by atoms with Crippen LogP contribution in [0.3, 0.4) is 0 Å². The number of thiophene rings is 1. The summed E-state index contributed by atoms with van der Waals surface area (Å²) < 4.78 is 5.16. The minimum Gasteiger partial charge on any atom is -0.462 e. The Balaban J connectivity index is 1.62. The molecule has 2 heterocycles. The number of ether oxygens (including phenoxy) is 1. The van der Waals surface area contributed by atoms with Crippen LogP contribution in [-0.4, -0.2) is 34.4 Å². The number of nitrogens with one attached hydrogen (secondary N) is 2. The first-order chi connectivity index (χ1) is 14.6. The van der Waals surface area contributed by atoms with E-state index in [2.05, 4.69) is 20.6 Å². The fraction of sp³-hybridized carbons (Fsp3) is 0.190. The third-order valence-corrected chi connectivity index (χ3v) is 4.94. The highest BCUT2D eigenvalue weighted by atomic mass is 32.1. The summed E-state index contributed by atoms with van der Waals surface area (Å²) in [6, 6.07) is 8.08. The van der Waals surface area contributed by atoms with E-state index in [1.807, 2.05) is 6.92 Å². The highest BCUT2D eigenvalue weighted by Gasteiger charge is 2.17. The second-order valence-corrected chi connectivity index (χ2v) is 7.15. The normalized spacial score (nSPS) is 10.3. The molecule has 154 valence electrons. The molecule has 0 radical (unpaired) electrons. The molecule has 8 nitrogen and oxygen atoms in total. The van der Waals surface area contributed by atoms with Crippen LogP contribution in [0, 0.1) is 0 Å². The number of rotatable bonds is 8. The Labute approximate surface area is 177 Å². The van der Waals surface area contributed by atoms with E-state index in [1.54, 1.807) is 35.7 Å². The van der Waals surface area contributed by atoms with Crippen molar-refractivity contribution in [2.45, 2.75) is 19.8 Å². The van der Waals surface area contributed by atoms with Crippen molar-refractivity contribution in [3.63, 3.8) is 0 Å². The van der Waals surface area contributed by atoms with Gasteiger partial charge in [0, 0.05) is 18.1 Å².